The Kier molecular flexibility index (Phi) is 5.87. The normalized spacial score (nSPS) is 17.8. The number of ether oxygens (including phenoxy) is 3. The quantitative estimate of drug-likeness (QED) is 0.780. The zero-order chi connectivity index (χ0) is 18.6. The van der Waals surface area contributed by atoms with E-state index in [1.807, 2.05) is 20.8 Å². The van der Waals surface area contributed by atoms with Crippen LogP contribution in [0.15, 0.2) is 12.3 Å². The van der Waals surface area contributed by atoms with Crippen LogP contribution in [0, 0.1) is 6.92 Å². The Labute approximate surface area is 148 Å². The molecular formula is C18H26N2O5. The van der Waals surface area contributed by atoms with Crippen molar-refractivity contribution in [1.29, 1.82) is 0 Å². The molecule has 1 saturated heterocycles. The van der Waals surface area contributed by atoms with E-state index in [0.717, 1.165) is 18.4 Å². The highest BCUT2D eigenvalue weighted by Gasteiger charge is 2.30. The van der Waals surface area contributed by atoms with Gasteiger partial charge in [-0.2, -0.15) is 0 Å². The first-order chi connectivity index (χ1) is 11.7. The van der Waals surface area contributed by atoms with E-state index < -0.39 is 11.6 Å². The van der Waals surface area contributed by atoms with Crippen LogP contribution >= 0.6 is 0 Å². The number of aromatic nitrogens is 1. The Morgan fingerprint density at radius 1 is 1.32 bits per heavy atom. The number of hydrogen-bond acceptors (Lipinski definition) is 6. The van der Waals surface area contributed by atoms with Crippen LogP contribution in [0.25, 0.3) is 0 Å². The van der Waals surface area contributed by atoms with Gasteiger partial charge in [0.15, 0.2) is 0 Å². The Bertz CT molecular complexity index is 639. The summed E-state index contributed by atoms with van der Waals surface area (Å²) in [6.07, 6.45) is 2.55. The van der Waals surface area contributed by atoms with Crippen molar-refractivity contribution < 1.29 is 23.8 Å². The largest absolute Gasteiger partial charge is 0.472 e. The zero-order valence-electron chi connectivity index (χ0n) is 15.5. The van der Waals surface area contributed by atoms with Gasteiger partial charge in [0, 0.05) is 12.7 Å². The van der Waals surface area contributed by atoms with Gasteiger partial charge in [0.05, 0.1) is 13.7 Å². The average Bonchev–Trinajstić information content (AvgIpc) is 2.53. The molecule has 0 N–H and O–H groups in total. The fraction of sp³-hybridized carbons (Fsp3) is 0.611. The van der Waals surface area contributed by atoms with E-state index in [2.05, 4.69) is 4.98 Å². The molecule has 0 spiro atoms. The van der Waals surface area contributed by atoms with Gasteiger partial charge in [-0.25, -0.2) is 14.6 Å². The summed E-state index contributed by atoms with van der Waals surface area (Å²) < 4.78 is 16.2. The van der Waals surface area contributed by atoms with Gasteiger partial charge in [-0.3, -0.25) is 0 Å². The number of pyridine rings is 1. The fourth-order valence-corrected chi connectivity index (χ4v) is 2.66. The Morgan fingerprint density at radius 2 is 2.04 bits per heavy atom. The van der Waals surface area contributed by atoms with Crippen LogP contribution < -0.4 is 4.74 Å². The maximum atomic E-state index is 12.2. The molecule has 2 heterocycles. The van der Waals surface area contributed by atoms with Crippen molar-refractivity contribution in [3.05, 3.63) is 23.4 Å². The van der Waals surface area contributed by atoms with Gasteiger partial charge >= 0.3 is 12.1 Å². The van der Waals surface area contributed by atoms with E-state index in [1.165, 1.54) is 7.11 Å². The third kappa shape index (κ3) is 5.08. The van der Waals surface area contributed by atoms with Crippen molar-refractivity contribution in [2.24, 2.45) is 0 Å². The topological polar surface area (TPSA) is 78.0 Å². The highest BCUT2D eigenvalue weighted by atomic mass is 16.6. The van der Waals surface area contributed by atoms with Crippen molar-refractivity contribution in [3.8, 4) is 5.88 Å². The minimum atomic E-state index is -0.541. The second-order valence-electron chi connectivity index (χ2n) is 7.11. The number of esters is 1. The molecule has 1 aliphatic rings. The number of carbonyl (C=O) groups excluding carboxylic acids is 2. The van der Waals surface area contributed by atoms with Crippen molar-refractivity contribution in [2.75, 3.05) is 20.2 Å². The van der Waals surface area contributed by atoms with Crippen molar-refractivity contribution >= 4 is 12.1 Å². The van der Waals surface area contributed by atoms with E-state index in [1.54, 1.807) is 24.1 Å². The Balaban J connectivity index is 2.10. The second-order valence-corrected chi connectivity index (χ2v) is 7.11. The molecule has 7 heteroatoms. The van der Waals surface area contributed by atoms with Crippen molar-refractivity contribution in [1.82, 2.24) is 9.88 Å². The molecule has 0 bridgehead atoms. The number of amides is 1. The molecule has 0 aromatic carbocycles. The van der Waals surface area contributed by atoms with Crippen LogP contribution in [-0.4, -0.2) is 53.9 Å². The first-order valence-corrected chi connectivity index (χ1v) is 8.40. The van der Waals surface area contributed by atoms with E-state index in [0.29, 0.717) is 18.7 Å². The van der Waals surface area contributed by atoms with Gasteiger partial charge in [-0.05, 0) is 52.2 Å². The van der Waals surface area contributed by atoms with E-state index in [4.69, 9.17) is 14.2 Å². The lowest BCUT2D eigenvalue weighted by Crippen LogP contribution is -2.46. The minimum absolute atomic E-state index is 0.239. The number of hydrogen-bond donors (Lipinski definition) is 0. The minimum Gasteiger partial charge on any atom is -0.472 e. The Morgan fingerprint density at radius 3 is 2.68 bits per heavy atom. The lowest BCUT2D eigenvalue weighted by atomic mass is 10.1. The maximum Gasteiger partial charge on any atom is 0.410 e. The predicted octanol–water partition coefficient (Wildman–Crippen LogP) is 2.95. The highest BCUT2D eigenvalue weighted by molar-refractivity contribution is 5.93. The lowest BCUT2D eigenvalue weighted by Gasteiger charge is -2.34. The van der Waals surface area contributed by atoms with E-state index in [-0.39, 0.29) is 18.1 Å². The number of aryl methyl sites for hydroxylation is 1. The molecule has 1 fully saturated rings. The van der Waals surface area contributed by atoms with Crippen LogP contribution in [0.4, 0.5) is 4.79 Å². The highest BCUT2D eigenvalue weighted by Crippen LogP contribution is 2.24. The molecule has 2 rings (SSSR count). The summed E-state index contributed by atoms with van der Waals surface area (Å²) in [4.78, 5) is 30.1. The fourth-order valence-electron chi connectivity index (χ4n) is 2.66. The Hall–Kier alpha value is -2.31. The van der Waals surface area contributed by atoms with Gasteiger partial charge in [0.1, 0.15) is 17.3 Å². The molecule has 1 aromatic heterocycles. The van der Waals surface area contributed by atoms with Gasteiger partial charge in [0.2, 0.25) is 5.88 Å². The van der Waals surface area contributed by atoms with Gasteiger partial charge < -0.3 is 19.1 Å². The van der Waals surface area contributed by atoms with E-state index >= 15 is 0 Å². The molecule has 0 unspecified atom stereocenters. The number of nitrogens with zero attached hydrogens (tertiary/aromatic N) is 2. The molecule has 7 nitrogen and oxygen atoms in total. The van der Waals surface area contributed by atoms with Crippen LogP contribution in [0.2, 0.25) is 0 Å². The number of methoxy groups -OCH3 is 1. The molecule has 1 aliphatic heterocycles. The second kappa shape index (κ2) is 7.72. The SMILES string of the molecule is COC(=O)c1c(C)ccnc1O[C@@H]1CCCN(C(=O)OC(C)(C)C)C1. The third-order valence-corrected chi connectivity index (χ3v) is 3.82. The van der Waals surface area contributed by atoms with Crippen LogP contribution in [0.5, 0.6) is 5.88 Å². The average molecular weight is 350 g/mol. The smallest absolute Gasteiger partial charge is 0.410 e. The third-order valence-electron chi connectivity index (χ3n) is 3.82. The van der Waals surface area contributed by atoms with Crippen molar-refractivity contribution in [2.45, 2.75) is 52.2 Å². The summed E-state index contributed by atoms with van der Waals surface area (Å²) in [5.74, 6) is -0.247. The molecule has 1 amide bonds. The summed E-state index contributed by atoms with van der Waals surface area (Å²) in [6, 6.07) is 1.73. The lowest BCUT2D eigenvalue weighted by molar-refractivity contribution is 0.00685. The first-order valence-electron chi connectivity index (χ1n) is 8.40. The van der Waals surface area contributed by atoms with Crippen LogP contribution in [-0.2, 0) is 9.47 Å². The van der Waals surface area contributed by atoms with E-state index in [9.17, 15) is 9.59 Å². The molecule has 1 atom stereocenters. The van der Waals surface area contributed by atoms with Gasteiger partial charge in [-0.15, -0.1) is 0 Å². The number of rotatable bonds is 3. The number of carbonyl (C=O) groups is 2. The predicted molar refractivity (Wildman–Crippen MR) is 91.8 cm³/mol. The molecule has 1 aromatic rings. The standard InChI is InChI=1S/C18H26N2O5/c1-12-8-9-19-15(14(12)16(21)23-5)24-13-7-6-10-20(11-13)17(22)25-18(2,3)4/h8-9,13H,6-7,10-11H2,1-5H3/t13-/m1/s1. The molecular weight excluding hydrogens is 324 g/mol. The molecule has 25 heavy (non-hydrogen) atoms. The summed E-state index contributed by atoms with van der Waals surface area (Å²) in [5, 5.41) is 0. The molecule has 138 valence electrons. The monoisotopic (exact) mass is 350 g/mol. The van der Waals surface area contributed by atoms with Crippen LogP contribution in [0.3, 0.4) is 0 Å². The summed E-state index contributed by atoms with van der Waals surface area (Å²) in [7, 11) is 1.32. The van der Waals surface area contributed by atoms with Crippen molar-refractivity contribution in [3.63, 3.8) is 0 Å². The summed E-state index contributed by atoms with van der Waals surface area (Å²) >= 11 is 0. The van der Waals surface area contributed by atoms with Gasteiger partial charge in [0.25, 0.3) is 0 Å². The zero-order valence-corrected chi connectivity index (χ0v) is 15.5. The van der Waals surface area contributed by atoms with Gasteiger partial charge in [-0.1, -0.05) is 0 Å². The molecule has 0 saturated carbocycles. The number of likely N-dealkylation sites (tertiary alicyclic amines) is 1. The summed E-state index contributed by atoms with van der Waals surface area (Å²) in [5.41, 5.74) is 0.511. The molecule has 0 aliphatic carbocycles. The first kappa shape index (κ1) is 19.0. The summed E-state index contributed by atoms with van der Waals surface area (Å²) in [6.45, 7) is 8.33. The maximum absolute atomic E-state index is 12.2. The number of piperidine rings is 1. The van der Waals surface area contributed by atoms with Crippen LogP contribution in [0.1, 0.15) is 49.5 Å². The molecule has 0 radical (unpaired) electrons.